The van der Waals surface area contributed by atoms with E-state index >= 15 is 0 Å². The second kappa shape index (κ2) is 8.43. The van der Waals surface area contributed by atoms with E-state index in [4.69, 9.17) is 14.3 Å². The number of halogens is 1. The summed E-state index contributed by atoms with van der Waals surface area (Å²) in [5.74, 6) is -1.30. The number of benzene rings is 2. The Bertz CT molecular complexity index is 824. The number of hydrogen-bond acceptors (Lipinski definition) is 6. The molecule has 2 atom stereocenters. The van der Waals surface area contributed by atoms with Gasteiger partial charge in [0.1, 0.15) is 6.10 Å². The van der Waals surface area contributed by atoms with Gasteiger partial charge < -0.3 is 9.47 Å². The van der Waals surface area contributed by atoms with Gasteiger partial charge in [-0.2, -0.15) is 5.06 Å². The maximum Gasteiger partial charge on any atom is 0.325 e. The molecule has 0 saturated carbocycles. The highest BCUT2D eigenvalue weighted by atomic mass is 79.9. The third kappa shape index (κ3) is 3.57. The molecule has 0 radical (unpaired) electrons. The number of hydrogen-bond donors (Lipinski definition) is 0. The molecular formula is C21H22BrNO5. The Morgan fingerprint density at radius 1 is 1.00 bits per heavy atom. The molecule has 0 unspecified atom stereocenters. The van der Waals surface area contributed by atoms with E-state index in [1.807, 2.05) is 54.6 Å². The highest BCUT2D eigenvalue weighted by molar-refractivity contribution is 9.10. The molecule has 7 heteroatoms. The molecule has 0 bridgehead atoms. The quantitative estimate of drug-likeness (QED) is 0.524. The number of nitrogens with zero attached hydrogens (tertiary/aromatic N) is 1. The SMILES string of the molecule is COC(=O)C1(C(=O)OC)C[C@H](c2ccc(Br)cc2)ON(C)[C@@H]1c1ccccc1. The van der Waals surface area contributed by atoms with Crippen molar-refractivity contribution in [3.05, 3.63) is 70.2 Å². The number of esters is 2. The Morgan fingerprint density at radius 3 is 2.11 bits per heavy atom. The van der Waals surface area contributed by atoms with Crippen LogP contribution in [-0.4, -0.2) is 38.3 Å². The summed E-state index contributed by atoms with van der Waals surface area (Å²) < 4.78 is 11.1. The van der Waals surface area contributed by atoms with Crippen molar-refractivity contribution < 1.29 is 23.9 Å². The van der Waals surface area contributed by atoms with Crippen LogP contribution in [0.5, 0.6) is 0 Å². The van der Waals surface area contributed by atoms with Gasteiger partial charge in [0.2, 0.25) is 0 Å². The van der Waals surface area contributed by atoms with E-state index in [-0.39, 0.29) is 6.42 Å². The molecule has 28 heavy (non-hydrogen) atoms. The molecule has 0 spiro atoms. The molecule has 1 saturated heterocycles. The number of methoxy groups -OCH3 is 2. The van der Waals surface area contributed by atoms with Crippen molar-refractivity contribution in [2.45, 2.75) is 18.6 Å². The van der Waals surface area contributed by atoms with Crippen LogP contribution in [0.25, 0.3) is 0 Å². The zero-order valence-electron chi connectivity index (χ0n) is 15.9. The first kappa shape index (κ1) is 20.5. The molecule has 0 aliphatic carbocycles. The van der Waals surface area contributed by atoms with E-state index in [9.17, 15) is 9.59 Å². The Hall–Kier alpha value is -2.22. The Balaban J connectivity index is 2.14. The fourth-order valence-electron chi connectivity index (χ4n) is 3.84. The third-order valence-electron chi connectivity index (χ3n) is 5.09. The molecular weight excluding hydrogens is 426 g/mol. The monoisotopic (exact) mass is 447 g/mol. The summed E-state index contributed by atoms with van der Waals surface area (Å²) in [5.41, 5.74) is 0.0316. The van der Waals surface area contributed by atoms with Crippen LogP contribution < -0.4 is 0 Å². The Morgan fingerprint density at radius 2 is 1.57 bits per heavy atom. The zero-order chi connectivity index (χ0) is 20.3. The molecule has 0 N–H and O–H groups in total. The molecule has 0 amide bonds. The largest absolute Gasteiger partial charge is 0.468 e. The molecule has 1 fully saturated rings. The van der Waals surface area contributed by atoms with Crippen LogP contribution in [0.1, 0.15) is 29.7 Å². The normalized spacial score (nSPS) is 21.7. The van der Waals surface area contributed by atoms with E-state index in [0.717, 1.165) is 15.6 Å². The zero-order valence-corrected chi connectivity index (χ0v) is 17.5. The predicted molar refractivity (Wildman–Crippen MR) is 106 cm³/mol. The predicted octanol–water partition coefficient (Wildman–Crippen LogP) is 3.83. The van der Waals surface area contributed by atoms with Gasteiger partial charge in [0.05, 0.1) is 20.3 Å². The number of hydroxylamine groups is 2. The van der Waals surface area contributed by atoms with Crippen LogP contribution >= 0.6 is 15.9 Å². The van der Waals surface area contributed by atoms with Crippen molar-refractivity contribution in [3.8, 4) is 0 Å². The van der Waals surface area contributed by atoms with Gasteiger partial charge in [0.15, 0.2) is 5.41 Å². The van der Waals surface area contributed by atoms with Gasteiger partial charge in [-0.15, -0.1) is 0 Å². The van der Waals surface area contributed by atoms with Gasteiger partial charge in [-0.25, -0.2) is 0 Å². The minimum atomic E-state index is -1.57. The van der Waals surface area contributed by atoms with E-state index < -0.39 is 29.5 Å². The number of rotatable bonds is 4. The lowest BCUT2D eigenvalue weighted by Gasteiger charge is -2.47. The summed E-state index contributed by atoms with van der Waals surface area (Å²) in [6.45, 7) is 0. The van der Waals surface area contributed by atoms with Crippen molar-refractivity contribution in [2.75, 3.05) is 21.3 Å². The second-order valence-electron chi connectivity index (χ2n) is 6.66. The average Bonchev–Trinajstić information content (AvgIpc) is 2.72. The summed E-state index contributed by atoms with van der Waals surface area (Å²) in [6, 6.07) is 16.1. The Labute approximate surface area is 172 Å². The van der Waals surface area contributed by atoms with E-state index in [1.54, 1.807) is 12.1 Å². The average molecular weight is 448 g/mol. The summed E-state index contributed by atoms with van der Waals surface area (Å²) in [4.78, 5) is 32.2. The van der Waals surface area contributed by atoms with Gasteiger partial charge in [-0.1, -0.05) is 58.4 Å². The highest BCUT2D eigenvalue weighted by Crippen LogP contribution is 2.51. The molecule has 3 rings (SSSR count). The molecule has 1 aliphatic heterocycles. The maximum absolute atomic E-state index is 13.0. The fraction of sp³-hybridized carbons (Fsp3) is 0.333. The molecule has 0 aromatic heterocycles. The molecule has 1 heterocycles. The van der Waals surface area contributed by atoms with Gasteiger partial charge in [-0.3, -0.25) is 14.4 Å². The van der Waals surface area contributed by atoms with Crippen molar-refractivity contribution in [3.63, 3.8) is 0 Å². The molecule has 6 nitrogen and oxygen atoms in total. The van der Waals surface area contributed by atoms with E-state index in [2.05, 4.69) is 15.9 Å². The smallest absolute Gasteiger partial charge is 0.325 e. The van der Waals surface area contributed by atoms with Crippen molar-refractivity contribution >= 4 is 27.9 Å². The first-order valence-electron chi connectivity index (χ1n) is 8.81. The van der Waals surface area contributed by atoms with Crippen molar-refractivity contribution in [2.24, 2.45) is 5.41 Å². The van der Waals surface area contributed by atoms with Crippen molar-refractivity contribution in [1.82, 2.24) is 5.06 Å². The second-order valence-corrected chi connectivity index (χ2v) is 7.58. The summed E-state index contributed by atoms with van der Waals surface area (Å²) in [5, 5.41) is 1.55. The lowest BCUT2D eigenvalue weighted by molar-refractivity contribution is -0.277. The number of carbonyl (C=O) groups is 2. The third-order valence-corrected chi connectivity index (χ3v) is 5.62. The van der Waals surface area contributed by atoms with Crippen LogP contribution in [0.3, 0.4) is 0 Å². The van der Waals surface area contributed by atoms with Crippen LogP contribution in [0.2, 0.25) is 0 Å². The van der Waals surface area contributed by atoms with Gasteiger partial charge >= 0.3 is 11.9 Å². The topological polar surface area (TPSA) is 65.1 Å². The van der Waals surface area contributed by atoms with Crippen LogP contribution in [0.15, 0.2) is 59.1 Å². The lowest BCUT2D eigenvalue weighted by atomic mass is 9.70. The molecule has 148 valence electrons. The maximum atomic E-state index is 13.0. The number of carbonyl (C=O) groups excluding carboxylic acids is 2. The first-order valence-corrected chi connectivity index (χ1v) is 9.60. The molecule has 2 aromatic carbocycles. The standard InChI is InChI=1S/C21H22BrNO5/c1-23-18(15-7-5-4-6-8-15)21(19(24)26-2,20(25)27-3)13-17(28-23)14-9-11-16(22)12-10-14/h4-12,17-18H,13H2,1-3H3/t17-,18-/m1/s1. The minimum absolute atomic E-state index is 0.0951. The fourth-order valence-corrected chi connectivity index (χ4v) is 4.10. The minimum Gasteiger partial charge on any atom is -0.468 e. The van der Waals surface area contributed by atoms with Gasteiger partial charge in [0.25, 0.3) is 0 Å². The summed E-state index contributed by atoms with van der Waals surface area (Å²) in [7, 11) is 4.27. The summed E-state index contributed by atoms with van der Waals surface area (Å²) in [6.07, 6.45) is -0.422. The van der Waals surface area contributed by atoms with Crippen LogP contribution in [0, 0.1) is 5.41 Å². The molecule has 2 aromatic rings. The van der Waals surface area contributed by atoms with E-state index in [0.29, 0.717) is 0 Å². The Kier molecular flexibility index (Phi) is 6.17. The lowest BCUT2D eigenvalue weighted by Crippen LogP contribution is -2.55. The van der Waals surface area contributed by atoms with Crippen LogP contribution in [0.4, 0.5) is 0 Å². The van der Waals surface area contributed by atoms with Gasteiger partial charge in [0, 0.05) is 17.9 Å². The first-order chi connectivity index (χ1) is 13.4. The van der Waals surface area contributed by atoms with Crippen molar-refractivity contribution in [1.29, 1.82) is 0 Å². The van der Waals surface area contributed by atoms with Gasteiger partial charge in [-0.05, 0) is 23.3 Å². The van der Waals surface area contributed by atoms with E-state index in [1.165, 1.54) is 14.2 Å². The number of ether oxygens (including phenoxy) is 2. The summed E-state index contributed by atoms with van der Waals surface area (Å²) >= 11 is 3.41. The highest BCUT2D eigenvalue weighted by Gasteiger charge is 2.61. The van der Waals surface area contributed by atoms with Crippen LogP contribution in [-0.2, 0) is 23.9 Å². The molecule has 1 aliphatic rings.